The van der Waals surface area contributed by atoms with Crippen LogP contribution in [0, 0.1) is 5.92 Å². The van der Waals surface area contributed by atoms with Crippen LogP contribution >= 0.6 is 0 Å². The van der Waals surface area contributed by atoms with Crippen molar-refractivity contribution in [3.63, 3.8) is 0 Å². The van der Waals surface area contributed by atoms with Gasteiger partial charge in [0.15, 0.2) is 0 Å². The zero-order valence-electron chi connectivity index (χ0n) is 20.7. The number of rotatable bonds is 9. The Bertz CT molecular complexity index is 1360. The highest BCUT2D eigenvalue weighted by Crippen LogP contribution is 2.32. The van der Waals surface area contributed by atoms with E-state index < -0.39 is 54.7 Å². The first-order chi connectivity index (χ1) is 18.6. The monoisotopic (exact) mass is 537 g/mol. The van der Waals surface area contributed by atoms with Crippen molar-refractivity contribution in [2.24, 2.45) is 16.6 Å². The molecule has 11 heteroatoms. The van der Waals surface area contributed by atoms with Crippen molar-refractivity contribution in [2.45, 2.75) is 37.5 Å². The van der Waals surface area contributed by atoms with Crippen LogP contribution in [0.5, 0.6) is 0 Å². The molecule has 1 aliphatic heterocycles. The zero-order chi connectivity index (χ0) is 28.0. The standard InChI is InChI=1S/C28H26F3N5O3/c29-28(30,31)14-6-12-20(22(24(32)37)18-10-7-15-33-16-18)26(38)36-25-27(39)34-21-13-5-4-11-19(21)23(35-25)17-8-2-1-3-9-17/h1-5,7-11,13,15-16,20,22,25H,6,12,14H2,(H2,32,37)(H,34,39)(H,36,38)/t20-,22+,25-/m1/s1. The molecule has 8 nitrogen and oxygen atoms in total. The van der Waals surface area contributed by atoms with Crippen molar-refractivity contribution in [2.75, 3.05) is 5.32 Å². The number of nitrogens with one attached hydrogen (secondary N) is 2. The Hall–Kier alpha value is -4.54. The van der Waals surface area contributed by atoms with Crippen molar-refractivity contribution >= 4 is 29.1 Å². The number of hydrogen-bond donors (Lipinski definition) is 3. The van der Waals surface area contributed by atoms with Gasteiger partial charge in [0.05, 0.1) is 23.2 Å². The molecule has 0 aliphatic carbocycles. The molecule has 0 radical (unpaired) electrons. The summed E-state index contributed by atoms with van der Waals surface area (Å²) in [5.41, 5.74) is 8.14. The second-order valence-corrected chi connectivity index (χ2v) is 9.07. The number of aromatic nitrogens is 1. The Morgan fingerprint density at radius 1 is 1.03 bits per heavy atom. The van der Waals surface area contributed by atoms with Gasteiger partial charge in [0.2, 0.25) is 18.0 Å². The van der Waals surface area contributed by atoms with Crippen LogP contribution in [0.1, 0.15) is 41.9 Å². The fourth-order valence-electron chi connectivity index (χ4n) is 4.55. The summed E-state index contributed by atoms with van der Waals surface area (Å²) in [7, 11) is 0. The molecule has 0 saturated carbocycles. The van der Waals surface area contributed by atoms with Gasteiger partial charge in [0, 0.05) is 29.9 Å². The van der Waals surface area contributed by atoms with E-state index in [1.165, 1.54) is 24.5 Å². The number of amides is 3. The molecule has 202 valence electrons. The average molecular weight is 538 g/mol. The maximum absolute atomic E-state index is 13.6. The lowest BCUT2D eigenvalue weighted by atomic mass is 9.82. The Kier molecular flexibility index (Phi) is 8.38. The lowest BCUT2D eigenvalue weighted by Gasteiger charge is -2.26. The van der Waals surface area contributed by atoms with E-state index >= 15 is 0 Å². The highest BCUT2D eigenvalue weighted by Gasteiger charge is 2.37. The Balaban J connectivity index is 1.69. The SMILES string of the molecule is NC(=O)[C@@H](c1cccnc1)[C@@H](CCCC(F)(F)F)C(=O)N[C@H]1N=C(c2ccccc2)c2ccccc2NC1=O. The number of halogens is 3. The molecule has 2 heterocycles. The molecule has 1 aliphatic rings. The van der Waals surface area contributed by atoms with Gasteiger partial charge in [-0.1, -0.05) is 54.6 Å². The van der Waals surface area contributed by atoms with Gasteiger partial charge in [0.1, 0.15) is 0 Å². The highest BCUT2D eigenvalue weighted by atomic mass is 19.4. The van der Waals surface area contributed by atoms with E-state index in [1.54, 1.807) is 48.5 Å². The van der Waals surface area contributed by atoms with Crippen LogP contribution in [-0.4, -0.2) is 40.8 Å². The molecule has 0 fully saturated rings. The Labute approximate surface area is 222 Å². The van der Waals surface area contributed by atoms with Crippen molar-refractivity contribution in [1.29, 1.82) is 0 Å². The average Bonchev–Trinajstić information content (AvgIpc) is 3.04. The van der Waals surface area contributed by atoms with Crippen molar-refractivity contribution < 1.29 is 27.6 Å². The van der Waals surface area contributed by atoms with Gasteiger partial charge in [0.25, 0.3) is 5.91 Å². The van der Waals surface area contributed by atoms with Crippen LogP contribution in [0.3, 0.4) is 0 Å². The summed E-state index contributed by atoms with van der Waals surface area (Å²) in [4.78, 5) is 47.7. The number of primary amides is 1. The number of anilines is 1. The summed E-state index contributed by atoms with van der Waals surface area (Å²) in [6.45, 7) is 0. The summed E-state index contributed by atoms with van der Waals surface area (Å²) in [6.07, 6.45) is -4.96. The summed E-state index contributed by atoms with van der Waals surface area (Å²) < 4.78 is 38.8. The van der Waals surface area contributed by atoms with E-state index in [9.17, 15) is 27.6 Å². The Morgan fingerprint density at radius 3 is 2.41 bits per heavy atom. The minimum absolute atomic E-state index is 0.281. The fraction of sp³-hybridized carbons (Fsp3) is 0.250. The molecule has 39 heavy (non-hydrogen) atoms. The van der Waals surface area contributed by atoms with Gasteiger partial charge in [-0.25, -0.2) is 4.99 Å². The molecule has 0 bridgehead atoms. The van der Waals surface area contributed by atoms with E-state index in [4.69, 9.17) is 5.73 Å². The van der Waals surface area contributed by atoms with Crippen LogP contribution in [0.4, 0.5) is 18.9 Å². The summed E-state index contributed by atoms with van der Waals surface area (Å²) in [5, 5.41) is 5.29. The van der Waals surface area contributed by atoms with Crippen molar-refractivity contribution in [3.05, 3.63) is 95.8 Å². The molecule has 0 unspecified atom stereocenters. The first-order valence-corrected chi connectivity index (χ1v) is 12.2. The number of pyridine rings is 1. The van der Waals surface area contributed by atoms with Gasteiger partial charge in [-0.2, -0.15) is 13.2 Å². The third kappa shape index (κ3) is 6.86. The molecule has 4 rings (SSSR count). The number of para-hydroxylation sites is 1. The van der Waals surface area contributed by atoms with Crippen LogP contribution in [0.25, 0.3) is 0 Å². The second kappa shape index (κ2) is 11.9. The first kappa shape index (κ1) is 27.5. The molecule has 0 spiro atoms. The second-order valence-electron chi connectivity index (χ2n) is 9.07. The summed E-state index contributed by atoms with van der Waals surface area (Å²) in [5.74, 6) is -4.94. The van der Waals surface area contributed by atoms with E-state index in [2.05, 4.69) is 20.6 Å². The summed E-state index contributed by atoms with van der Waals surface area (Å²) >= 11 is 0. The molecule has 4 N–H and O–H groups in total. The molecule has 3 aromatic rings. The largest absolute Gasteiger partial charge is 0.389 e. The smallest absolute Gasteiger partial charge is 0.369 e. The predicted octanol–water partition coefficient (Wildman–Crippen LogP) is 3.93. The molecule has 1 aromatic heterocycles. The Morgan fingerprint density at radius 2 is 1.74 bits per heavy atom. The number of carbonyl (C=O) groups is 3. The number of benzodiazepines with no additional fused rings is 1. The summed E-state index contributed by atoms with van der Waals surface area (Å²) in [6, 6.07) is 19.1. The lowest BCUT2D eigenvalue weighted by molar-refractivity contribution is -0.139. The third-order valence-electron chi connectivity index (χ3n) is 6.34. The van der Waals surface area contributed by atoms with Gasteiger partial charge >= 0.3 is 6.18 Å². The van der Waals surface area contributed by atoms with E-state index in [0.29, 0.717) is 22.5 Å². The minimum Gasteiger partial charge on any atom is -0.369 e. The van der Waals surface area contributed by atoms with Crippen LogP contribution < -0.4 is 16.4 Å². The molecule has 0 saturated heterocycles. The van der Waals surface area contributed by atoms with Crippen LogP contribution in [0.15, 0.2) is 84.1 Å². The predicted molar refractivity (Wildman–Crippen MR) is 139 cm³/mol. The van der Waals surface area contributed by atoms with Gasteiger partial charge in [-0.3, -0.25) is 19.4 Å². The van der Waals surface area contributed by atoms with Gasteiger partial charge in [-0.15, -0.1) is 0 Å². The normalized spacial score (nSPS) is 16.6. The number of benzene rings is 2. The quantitative estimate of drug-likeness (QED) is 0.382. The van der Waals surface area contributed by atoms with Gasteiger partial charge in [-0.05, 0) is 30.5 Å². The van der Waals surface area contributed by atoms with E-state index in [-0.39, 0.29) is 12.0 Å². The van der Waals surface area contributed by atoms with E-state index in [0.717, 1.165) is 0 Å². The number of aliphatic imine (C=N–C) groups is 1. The first-order valence-electron chi connectivity index (χ1n) is 12.2. The van der Waals surface area contributed by atoms with Gasteiger partial charge < -0.3 is 16.4 Å². The molecular weight excluding hydrogens is 511 g/mol. The number of nitrogens with two attached hydrogens (primary N) is 1. The van der Waals surface area contributed by atoms with Crippen molar-refractivity contribution in [3.8, 4) is 0 Å². The molecular formula is C28H26F3N5O3. The number of fused-ring (bicyclic) bond motifs is 1. The highest BCUT2D eigenvalue weighted by molar-refractivity contribution is 6.19. The fourth-order valence-corrected chi connectivity index (χ4v) is 4.55. The number of alkyl halides is 3. The zero-order valence-corrected chi connectivity index (χ0v) is 20.7. The van der Waals surface area contributed by atoms with E-state index in [1.807, 2.05) is 6.07 Å². The third-order valence-corrected chi connectivity index (χ3v) is 6.34. The maximum Gasteiger partial charge on any atom is 0.389 e. The number of hydrogen-bond acceptors (Lipinski definition) is 5. The molecule has 3 amide bonds. The topological polar surface area (TPSA) is 127 Å². The van der Waals surface area contributed by atoms with Crippen LogP contribution in [0.2, 0.25) is 0 Å². The maximum atomic E-state index is 13.6. The molecule has 3 atom stereocenters. The number of nitrogens with zero attached hydrogens (tertiary/aromatic N) is 2. The van der Waals surface area contributed by atoms with Crippen molar-refractivity contribution in [1.82, 2.24) is 10.3 Å². The van der Waals surface area contributed by atoms with Crippen LogP contribution in [-0.2, 0) is 14.4 Å². The minimum atomic E-state index is -4.45. The number of carbonyl (C=O) groups excluding carboxylic acids is 3. The molecule has 2 aromatic carbocycles. The lowest BCUT2D eigenvalue weighted by Crippen LogP contribution is -2.47.